The molecule has 1 aliphatic carbocycles. The van der Waals surface area contributed by atoms with Gasteiger partial charge in [-0.3, -0.25) is 4.79 Å². The van der Waals surface area contributed by atoms with E-state index in [1.54, 1.807) is 0 Å². The number of ether oxygens (including phenoxy) is 1. The van der Waals surface area contributed by atoms with Crippen LogP contribution in [0.25, 0.3) is 0 Å². The minimum atomic E-state index is 0.150. The second-order valence-corrected chi connectivity index (χ2v) is 9.22. The number of rotatable bonds is 5. The zero-order valence-electron chi connectivity index (χ0n) is 17.2. The number of hydrogen-bond acceptors (Lipinski definition) is 3. The van der Waals surface area contributed by atoms with Gasteiger partial charge in [-0.2, -0.15) is 0 Å². The van der Waals surface area contributed by atoms with Crippen molar-refractivity contribution in [1.82, 2.24) is 4.90 Å². The van der Waals surface area contributed by atoms with Gasteiger partial charge in [0.15, 0.2) is 0 Å². The van der Waals surface area contributed by atoms with Crippen LogP contribution in [-0.4, -0.2) is 17.4 Å². The van der Waals surface area contributed by atoms with Crippen molar-refractivity contribution in [2.75, 3.05) is 6.54 Å². The van der Waals surface area contributed by atoms with Crippen molar-refractivity contribution < 1.29 is 9.53 Å². The lowest BCUT2D eigenvalue weighted by molar-refractivity contribution is 0.0616. The van der Waals surface area contributed by atoms with Crippen LogP contribution in [-0.2, 0) is 19.4 Å². The molecule has 0 bridgehead atoms. The highest BCUT2D eigenvalue weighted by atomic mass is 32.1. The number of nitrogens with zero attached hydrogens (tertiary/aromatic N) is 1. The summed E-state index contributed by atoms with van der Waals surface area (Å²) in [6, 6.07) is 19.1. The largest absolute Gasteiger partial charge is 0.489 e. The minimum absolute atomic E-state index is 0.150. The van der Waals surface area contributed by atoms with Gasteiger partial charge in [0.2, 0.25) is 0 Å². The Bertz CT molecular complexity index is 1030. The van der Waals surface area contributed by atoms with Crippen molar-refractivity contribution in [3.8, 4) is 5.75 Å². The van der Waals surface area contributed by atoms with E-state index in [0.29, 0.717) is 6.61 Å². The smallest absolute Gasteiger partial charge is 0.264 e. The van der Waals surface area contributed by atoms with E-state index in [-0.39, 0.29) is 11.9 Å². The van der Waals surface area contributed by atoms with Crippen molar-refractivity contribution in [2.45, 2.75) is 51.2 Å². The molecule has 4 heteroatoms. The van der Waals surface area contributed by atoms with E-state index in [9.17, 15) is 4.79 Å². The fourth-order valence-electron chi connectivity index (χ4n) is 4.71. The van der Waals surface area contributed by atoms with Gasteiger partial charge in [0.1, 0.15) is 12.4 Å². The van der Waals surface area contributed by atoms with Crippen molar-refractivity contribution >= 4 is 17.2 Å². The lowest BCUT2D eigenvalue weighted by atomic mass is 9.95. The Morgan fingerprint density at radius 1 is 1.00 bits per heavy atom. The standard InChI is InChI=1S/C26H27NO2S/c28-26(27-14-5-4-11-24(27)21-7-2-1-3-8-21)25-15-19(18-30-25)17-29-23-13-12-20-9-6-10-22(20)16-23/h1-3,7-8,12-13,15-16,18,24H,4-6,9-11,14,17H2. The number of carbonyl (C=O) groups is 1. The first-order valence-electron chi connectivity index (χ1n) is 11.0. The van der Waals surface area contributed by atoms with Gasteiger partial charge in [0, 0.05) is 12.1 Å². The van der Waals surface area contributed by atoms with Crippen molar-refractivity contribution in [3.63, 3.8) is 0 Å². The molecular formula is C26H27NO2S. The molecule has 3 nitrogen and oxygen atoms in total. The molecule has 154 valence electrons. The zero-order chi connectivity index (χ0) is 20.3. The van der Waals surface area contributed by atoms with Crippen molar-refractivity contribution in [1.29, 1.82) is 0 Å². The van der Waals surface area contributed by atoms with Gasteiger partial charge < -0.3 is 9.64 Å². The number of aryl methyl sites for hydroxylation is 2. The first kappa shape index (κ1) is 19.4. The Labute approximate surface area is 182 Å². The summed E-state index contributed by atoms with van der Waals surface area (Å²) in [7, 11) is 0. The third-order valence-electron chi connectivity index (χ3n) is 6.29. The fourth-order valence-corrected chi connectivity index (χ4v) is 5.56. The van der Waals surface area contributed by atoms with Gasteiger partial charge in [-0.1, -0.05) is 36.4 Å². The van der Waals surface area contributed by atoms with E-state index in [4.69, 9.17) is 4.74 Å². The molecular weight excluding hydrogens is 390 g/mol. The van der Waals surface area contributed by atoms with Crippen LogP contribution < -0.4 is 4.74 Å². The second-order valence-electron chi connectivity index (χ2n) is 8.31. The van der Waals surface area contributed by atoms with Crippen LogP contribution in [0, 0.1) is 0 Å². The monoisotopic (exact) mass is 417 g/mol. The van der Waals surface area contributed by atoms with Gasteiger partial charge in [0.25, 0.3) is 5.91 Å². The molecule has 5 rings (SSSR count). The average Bonchev–Trinajstić information content (AvgIpc) is 3.47. The predicted molar refractivity (Wildman–Crippen MR) is 121 cm³/mol. The lowest BCUT2D eigenvalue weighted by Gasteiger charge is -2.36. The van der Waals surface area contributed by atoms with Crippen LogP contribution in [0.15, 0.2) is 60.0 Å². The fraction of sp³-hybridized carbons (Fsp3) is 0.346. The van der Waals surface area contributed by atoms with Crippen molar-refractivity contribution in [3.05, 3.63) is 87.1 Å². The molecule has 1 amide bonds. The van der Waals surface area contributed by atoms with E-state index in [0.717, 1.165) is 42.0 Å². The molecule has 1 aromatic heterocycles. The van der Waals surface area contributed by atoms with Crippen LogP contribution in [0.2, 0.25) is 0 Å². The second kappa shape index (κ2) is 8.65. The summed E-state index contributed by atoms with van der Waals surface area (Å²) in [5.41, 5.74) is 5.19. The van der Waals surface area contributed by atoms with Crippen LogP contribution in [0.5, 0.6) is 5.75 Å². The maximum absolute atomic E-state index is 13.3. The number of amides is 1. The molecule has 1 aliphatic heterocycles. The maximum atomic E-state index is 13.3. The van der Waals surface area contributed by atoms with Crippen LogP contribution >= 0.6 is 11.3 Å². The number of piperidine rings is 1. The quantitative estimate of drug-likeness (QED) is 0.496. The van der Waals surface area contributed by atoms with Crippen LogP contribution in [0.1, 0.15) is 63.7 Å². The molecule has 0 saturated carbocycles. The Morgan fingerprint density at radius 3 is 2.77 bits per heavy atom. The summed E-state index contributed by atoms with van der Waals surface area (Å²) in [5, 5.41) is 2.06. The summed E-state index contributed by atoms with van der Waals surface area (Å²) in [6.07, 6.45) is 6.88. The summed E-state index contributed by atoms with van der Waals surface area (Å²) in [5.74, 6) is 1.08. The first-order valence-corrected chi connectivity index (χ1v) is 11.8. The topological polar surface area (TPSA) is 29.5 Å². The average molecular weight is 418 g/mol. The van der Waals surface area contributed by atoms with E-state index in [2.05, 4.69) is 52.7 Å². The minimum Gasteiger partial charge on any atom is -0.489 e. The Balaban J connectivity index is 1.26. The molecule has 2 aromatic carbocycles. The lowest BCUT2D eigenvalue weighted by Crippen LogP contribution is -2.38. The van der Waals surface area contributed by atoms with Crippen molar-refractivity contribution in [2.24, 2.45) is 0 Å². The molecule has 2 heterocycles. The molecule has 1 saturated heterocycles. The van der Waals surface area contributed by atoms with Crippen LogP contribution in [0.3, 0.4) is 0 Å². The molecule has 0 spiro atoms. The Hall–Kier alpha value is -2.59. The van der Waals surface area contributed by atoms with E-state index >= 15 is 0 Å². The molecule has 0 radical (unpaired) electrons. The Kier molecular flexibility index (Phi) is 5.58. The normalized spacial score (nSPS) is 18.3. The predicted octanol–water partition coefficient (Wildman–Crippen LogP) is 6.18. The SMILES string of the molecule is O=C(c1cc(COc2ccc3c(c2)CCC3)cs1)N1CCCCC1c1ccccc1. The highest BCUT2D eigenvalue weighted by molar-refractivity contribution is 7.12. The summed E-state index contributed by atoms with van der Waals surface area (Å²) in [4.78, 5) is 16.2. The number of fused-ring (bicyclic) bond motifs is 1. The molecule has 30 heavy (non-hydrogen) atoms. The summed E-state index contributed by atoms with van der Waals surface area (Å²) < 4.78 is 6.03. The third kappa shape index (κ3) is 4.01. The highest BCUT2D eigenvalue weighted by Crippen LogP contribution is 2.33. The summed E-state index contributed by atoms with van der Waals surface area (Å²) >= 11 is 1.53. The summed E-state index contributed by atoms with van der Waals surface area (Å²) in [6.45, 7) is 1.34. The molecule has 2 aliphatic rings. The maximum Gasteiger partial charge on any atom is 0.264 e. The van der Waals surface area contributed by atoms with E-state index in [1.165, 1.54) is 47.3 Å². The molecule has 1 fully saturated rings. The number of likely N-dealkylation sites (tertiary alicyclic amines) is 1. The molecule has 3 aromatic rings. The molecule has 0 N–H and O–H groups in total. The Morgan fingerprint density at radius 2 is 1.87 bits per heavy atom. The first-order chi connectivity index (χ1) is 14.8. The van der Waals surface area contributed by atoms with Gasteiger partial charge in [-0.15, -0.1) is 11.3 Å². The van der Waals surface area contributed by atoms with E-state index < -0.39 is 0 Å². The number of hydrogen-bond donors (Lipinski definition) is 0. The highest BCUT2D eigenvalue weighted by Gasteiger charge is 2.29. The van der Waals surface area contributed by atoms with E-state index in [1.807, 2.05) is 12.1 Å². The van der Waals surface area contributed by atoms with Gasteiger partial charge in [-0.05, 0) is 78.8 Å². The number of carbonyl (C=O) groups excluding carboxylic acids is 1. The molecule has 1 atom stereocenters. The number of benzene rings is 2. The van der Waals surface area contributed by atoms with Gasteiger partial charge in [0.05, 0.1) is 10.9 Å². The van der Waals surface area contributed by atoms with Gasteiger partial charge >= 0.3 is 0 Å². The third-order valence-corrected chi connectivity index (χ3v) is 7.26. The number of thiophene rings is 1. The van der Waals surface area contributed by atoms with Crippen LogP contribution in [0.4, 0.5) is 0 Å². The zero-order valence-corrected chi connectivity index (χ0v) is 18.0. The van der Waals surface area contributed by atoms with Gasteiger partial charge in [-0.25, -0.2) is 0 Å². The molecule has 1 unspecified atom stereocenters.